The molecular formula is C82H46O2. The van der Waals surface area contributed by atoms with Crippen molar-refractivity contribution >= 4 is 86.2 Å². The van der Waals surface area contributed by atoms with Crippen LogP contribution in [0.1, 0.15) is 0 Å². The van der Waals surface area contributed by atoms with Gasteiger partial charge >= 0.3 is 0 Å². The van der Waals surface area contributed by atoms with Crippen LogP contribution >= 0.6 is 0 Å². The zero-order chi connectivity index (χ0) is 54.7. The number of hydrogen-bond acceptors (Lipinski definition) is 2. The monoisotopic (exact) mass is 1060 g/mol. The molecule has 0 saturated heterocycles. The lowest BCUT2D eigenvalue weighted by Gasteiger charge is -2.23. The fourth-order valence-electron chi connectivity index (χ4n) is 14.9. The molecule has 17 aromatic carbocycles. The summed E-state index contributed by atoms with van der Waals surface area (Å²) in [5.74, 6) is 3.56. The highest BCUT2D eigenvalue weighted by atomic mass is 16.5. The second kappa shape index (κ2) is 17.2. The van der Waals surface area contributed by atoms with Crippen molar-refractivity contribution in [2.24, 2.45) is 0 Å². The molecule has 0 spiro atoms. The van der Waals surface area contributed by atoms with Crippen LogP contribution in [0.5, 0.6) is 23.0 Å². The Morgan fingerprint density at radius 2 is 0.595 bits per heavy atom. The molecule has 17 aromatic rings. The van der Waals surface area contributed by atoms with Gasteiger partial charge in [-0.3, -0.25) is 0 Å². The molecule has 0 aromatic heterocycles. The van der Waals surface area contributed by atoms with Gasteiger partial charge in [-0.2, -0.15) is 0 Å². The first-order chi connectivity index (χ1) is 41.6. The van der Waals surface area contributed by atoms with Gasteiger partial charge in [0.15, 0.2) is 0 Å². The van der Waals surface area contributed by atoms with E-state index in [4.69, 9.17) is 9.47 Å². The minimum Gasteiger partial charge on any atom is -0.456 e. The molecule has 2 aliphatic rings. The first-order valence-corrected chi connectivity index (χ1v) is 29.0. The molecule has 0 amide bonds. The number of rotatable bonds is 6. The molecule has 0 aliphatic carbocycles. The molecule has 0 radical (unpaired) electrons. The first kappa shape index (κ1) is 45.6. The molecule has 0 unspecified atom stereocenters. The number of hydrogen-bond donors (Lipinski definition) is 0. The minimum atomic E-state index is 0.885. The molecule has 0 fully saturated rings. The van der Waals surface area contributed by atoms with Gasteiger partial charge in [0.25, 0.3) is 0 Å². The minimum absolute atomic E-state index is 0.885. The summed E-state index contributed by atoms with van der Waals surface area (Å²) in [5, 5.41) is 19.7. The van der Waals surface area contributed by atoms with Crippen molar-refractivity contribution < 1.29 is 9.47 Å². The molecule has 0 saturated carbocycles. The maximum Gasteiger partial charge on any atom is 0.135 e. The lowest BCUT2D eigenvalue weighted by molar-refractivity contribution is 0.487. The third-order valence-corrected chi connectivity index (χ3v) is 18.5. The van der Waals surface area contributed by atoms with E-state index in [1.54, 1.807) is 0 Å². The fourth-order valence-corrected chi connectivity index (χ4v) is 14.9. The van der Waals surface area contributed by atoms with Crippen LogP contribution in [0, 0.1) is 0 Å². The van der Waals surface area contributed by atoms with E-state index in [-0.39, 0.29) is 0 Å². The molecule has 2 heterocycles. The highest BCUT2D eigenvalue weighted by molar-refractivity contribution is 6.33. The largest absolute Gasteiger partial charge is 0.456 e. The van der Waals surface area contributed by atoms with E-state index < -0.39 is 0 Å². The van der Waals surface area contributed by atoms with Crippen molar-refractivity contribution in [2.75, 3.05) is 0 Å². The first-order valence-electron chi connectivity index (χ1n) is 29.0. The Morgan fingerprint density at radius 3 is 1.26 bits per heavy atom. The zero-order valence-electron chi connectivity index (χ0n) is 45.4. The maximum atomic E-state index is 6.65. The molecule has 2 aliphatic heterocycles. The van der Waals surface area contributed by atoms with Crippen molar-refractivity contribution in [3.05, 3.63) is 279 Å². The normalized spacial score (nSPS) is 12.5. The van der Waals surface area contributed by atoms with Crippen molar-refractivity contribution in [2.45, 2.75) is 0 Å². The summed E-state index contributed by atoms with van der Waals surface area (Å²) < 4.78 is 13.2. The van der Waals surface area contributed by atoms with Crippen molar-refractivity contribution in [1.82, 2.24) is 0 Å². The molecule has 0 bridgehead atoms. The highest BCUT2D eigenvalue weighted by Crippen LogP contribution is 2.54. The van der Waals surface area contributed by atoms with E-state index in [0.717, 1.165) is 67.2 Å². The Balaban J connectivity index is 0.885. The van der Waals surface area contributed by atoms with Crippen LogP contribution in [0.3, 0.4) is 0 Å². The highest BCUT2D eigenvalue weighted by Gasteiger charge is 2.27. The number of benzene rings is 17. The third-order valence-electron chi connectivity index (χ3n) is 18.5. The maximum absolute atomic E-state index is 6.65. The van der Waals surface area contributed by atoms with Crippen molar-refractivity contribution in [3.63, 3.8) is 0 Å². The van der Waals surface area contributed by atoms with Crippen LogP contribution in [-0.2, 0) is 0 Å². The van der Waals surface area contributed by atoms with E-state index in [0.29, 0.717) is 0 Å². The molecule has 386 valence electrons. The van der Waals surface area contributed by atoms with E-state index in [1.807, 2.05) is 6.07 Å². The van der Waals surface area contributed by atoms with Gasteiger partial charge in [-0.1, -0.05) is 218 Å². The molecular weight excluding hydrogens is 1020 g/mol. The van der Waals surface area contributed by atoms with E-state index in [9.17, 15) is 0 Å². The van der Waals surface area contributed by atoms with Gasteiger partial charge in [0.05, 0.1) is 0 Å². The summed E-state index contributed by atoms with van der Waals surface area (Å²) in [6, 6.07) is 104. The SMILES string of the molecule is c1ccc(-c2cc(-c3ccc4c5c(cccc35)-c3ccccc3O4)cc(-c3cc(-c4cc5cccc6ccc7ccc(-c8cccc(-c9ccc%10c%11c(cccc9%11)-c9ccccc9O%10)c8)c4c7c65)c4ccc5cccc6ccc3c4c65)c2)cc1. The van der Waals surface area contributed by atoms with Gasteiger partial charge in [0, 0.05) is 21.9 Å². The molecule has 0 N–H and O–H groups in total. The fraction of sp³-hybridized carbons (Fsp3) is 0. The Bertz CT molecular complexity index is 5660. The van der Waals surface area contributed by atoms with Gasteiger partial charge < -0.3 is 9.47 Å². The molecule has 2 nitrogen and oxygen atoms in total. The Labute approximate surface area is 484 Å². The predicted octanol–water partition coefficient (Wildman–Crippen LogP) is 23.3. The zero-order valence-corrected chi connectivity index (χ0v) is 45.4. The van der Waals surface area contributed by atoms with Crippen LogP contribution in [0.2, 0.25) is 0 Å². The van der Waals surface area contributed by atoms with Gasteiger partial charge in [0.2, 0.25) is 0 Å². The average Bonchev–Trinajstić information content (AvgIpc) is 3.30. The smallest absolute Gasteiger partial charge is 0.135 e. The van der Waals surface area contributed by atoms with Crippen LogP contribution in [0.4, 0.5) is 0 Å². The predicted molar refractivity (Wildman–Crippen MR) is 352 cm³/mol. The summed E-state index contributed by atoms with van der Waals surface area (Å²) in [4.78, 5) is 0. The lowest BCUT2D eigenvalue weighted by atomic mass is 9.80. The van der Waals surface area contributed by atoms with Gasteiger partial charge in [-0.15, -0.1) is 0 Å². The Kier molecular flexibility index (Phi) is 9.36. The van der Waals surface area contributed by atoms with E-state index in [1.165, 1.54) is 131 Å². The summed E-state index contributed by atoms with van der Waals surface area (Å²) in [7, 11) is 0. The molecule has 84 heavy (non-hydrogen) atoms. The molecule has 0 atom stereocenters. The number of fused-ring (bicyclic) bond motifs is 4. The second-order valence-electron chi connectivity index (χ2n) is 22.9. The summed E-state index contributed by atoms with van der Waals surface area (Å²) in [5.41, 5.74) is 18.8. The third kappa shape index (κ3) is 6.51. The quantitative estimate of drug-likeness (QED) is 0.155. The topological polar surface area (TPSA) is 18.5 Å². The standard InChI is InChI=1S/C82H46O2/c1-2-13-47(14-3-1)55-42-56(59-38-40-75-80-64(59)24-12-26-66(80)62-22-5-7-28-73(62)84-75)44-57(43-55)69-46-70(68-36-33-50-16-8-15-49-32-35-67(69)82(68)76(49)50)71-45-54-20-9-17-48-29-30-51-31-34-60(81(71)78(51)77(48)54)53-19-10-18-52(41-53)58-37-39-74-79-63(58)23-11-25-65(79)61-21-4-6-27-72(61)83-74/h1-46H. The van der Waals surface area contributed by atoms with Crippen LogP contribution in [0.25, 0.3) is 175 Å². The van der Waals surface area contributed by atoms with Crippen molar-refractivity contribution in [3.8, 4) is 112 Å². The Morgan fingerprint density at radius 1 is 0.155 bits per heavy atom. The number of para-hydroxylation sites is 2. The Hall–Kier alpha value is -11.1. The molecule has 19 rings (SSSR count). The van der Waals surface area contributed by atoms with E-state index in [2.05, 4.69) is 273 Å². The summed E-state index contributed by atoms with van der Waals surface area (Å²) in [6.07, 6.45) is 0. The van der Waals surface area contributed by atoms with Crippen LogP contribution in [0.15, 0.2) is 279 Å². The summed E-state index contributed by atoms with van der Waals surface area (Å²) in [6.45, 7) is 0. The van der Waals surface area contributed by atoms with Gasteiger partial charge in [-0.05, 0) is 214 Å². The van der Waals surface area contributed by atoms with Crippen molar-refractivity contribution in [1.29, 1.82) is 0 Å². The van der Waals surface area contributed by atoms with Gasteiger partial charge in [-0.25, -0.2) is 0 Å². The second-order valence-corrected chi connectivity index (χ2v) is 22.9. The average molecular weight is 1060 g/mol. The van der Waals surface area contributed by atoms with E-state index >= 15 is 0 Å². The summed E-state index contributed by atoms with van der Waals surface area (Å²) >= 11 is 0. The van der Waals surface area contributed by atoms with Crippen LogP contribution in [-0.4, -0.2) is 0 Å². The molecule has 2 heteroatoms. The van der Waals surface area contributed by atoms with Crippen LogP contribution < -0.4 is 9.47 Å². The lowest BCUT2D eigenvalue weighted by Crippen LogP contribution is -1.98. The van der Waals surface area contributed by atoms with Gasteiger partial charge in [0.1, 0.15) is 23.0 Å². The number of ether oxygens (including phenoxy) is 2.